The summed E-state index contributed by atoms with van der Waals surface area (Å²) in [5.74, 6) is 0. The van der Waals surface area contributed by atoms with Crippen molar-refractivity contribution < 1.29 is 10.2 Å². The fraction of sp³-hybridized carbons (Fsp3) is 0.462. The van der Waals surface area contributed by atoms with E-state index in [2.05, 4.69) is 11.2 Å². The predicted molar refractivity (Wildman–Crippen MR) is 68.0 cm³/mol. The van der Waals surface area contributed by atoms with Gasteiger partial charge >= 0.3 is 0 Å². The smallest absolute Gasteiger partial charge is 0.0938 e. The van der Waals surface area contributed by atoms with Crippen molar-refractivity contribution in [2.45, 2.75) is 18.8 Å². The molecule has 5 heteroatoms. The molecule has 3 rings (SSSR count). The van der Waals surface area contributed by atoms with Gasteiger partial charge in [0.1, 0.15) is 0 Å². The molecule has 2 N–H and O–H groups in total. The first kappa shape index (κ1) is 11.6. The molecule has 0 saturated carbocycles. The highest BCUT2D eigenvalue weighted by Gasteiger charge is 2.30. The molecule has 2 atom stereocenters. The number of aliphatic hydroxyl groups is 2. The number of para-hydroxylation sites is 1. The van der Waals surface area contributed by atoms with E-state index in [-0.39, 0.29) is 0 Å². The lowest BCUT2D eigenvalue weighted by atomic mass is 10.2. The highest BCUT2D eigenvalue weighted by Crippen LogP contribution is 2.21. The zero-order valence-corrected chi connectivity index (χ0v) is 10.3. The van der Waals surface area contributed by atoms with E-state index in [1.807, 2.05) is 34.8 Å². The number of aliphatic hydroxyl groups excluding tert-OH is 2. The molecule has 0 amide bonds. The van der Waals surface area contributed by atoms with Gasteiger partial charge in [0.25, 0.3) is 0 Å². The van der Waals surface area contributed by atoms with E-state index in [1.54, 1.807) is 0 Å². The molecule has 2 aromatic rings. The molecule has 1 aliphatic rings. The lowest BCUT2D eigenvalue weighted by Gasteiger charge is -2.12. The maximum Gasteiger partial charge on any atom is 0.0938 e. The third-order valence-electron chi connectivity index (χ3n) is 3.54. The maximum absolute atomic E-state index is 9.55. The van der Waals surface area contributed by atoms with Gasteiger partial charge in [-0.1, -0.05) is 18.2 Å². The standard InChI is InChI=1S/C13H17N3O2/c1-15-11-5-3-2-4-9(11)10(14-15)6-16-7-12(17)13(18)8-16/h2-5,12-13,17-18H,6-8H2,1H3/t12-,13+. The van der Waals surface area contributed by atoms with Crippen LogP contribution in [0.2, 0.25) is 0 Å². The van der Waals surface area contributed by atoms with Crippen LogP contribution in [0.15, 0.2) is 24.3 Å². The normalized spacial score (nSPS) is 25.1. The van der Waals surface area contributed by atoms with Crippen LogP contribution in [0.1, 0.15) is 5.69 Å². The fourth-order valence-corrected chi connectivity index (χ4v) is 2.59. The van der Waals surface area contributed by atoms with Crippen LogP contribution in [0.3, 0.4) is 0 Å². The highest BCUT2D eigenvalue weighted by atomic mass is 16.3. The number of rotatable bonds is 2. The number of fused-ring (bicyclic) bond motifs is 1. The van der Waals surface area contributed by atoms with Crippen LogP contribution in [-0.4, -0.2) is 50.2 Å². The Bertz CT molecular complexity index is 556. The quantitative estimate of drug-likeness (QED) is 0.791. The molecule has 0 unspecified atom stereocenters. The van der Waals surface area contributed by atoms with Crippen LogP contribution in [0, 0.1) is 0 Å². The van der Waals surface area contributed by atoms with Gasteiger partial charge in [-0.05, 0) is 6.07 Å². The summed E-state index contributed by atoms with van der Waals surface area (Å²) in [6.07, 6.45) is -1.28. The van der Waals surface area contributed by atoms with Gasteiger partial charge in [-0.25, -0.2) is 0 Å². The third-order valence-corrected chi connectivity index (χ3v) is 3.54. The van der Waals surface area contributed by atoms with Crippen LogP contribution in [0.4, 0.5) is 0 Å². The molecule has 1 fully saturated rings. The predicted octanol–water partition coefficient (Wildman–Crippen LogP) is 0.111. The number of hydrogen-bond acceptors (Lipinski definition) is 4. The third kappa shape index (κ3) is 1.90. The van der Waals surface area contributed by atoms with Crippen molar-refractivity contribution in [3.63, 3.8) is 0 Å². The van der Waals surface area contributed by atoms with Crippen molar-refractivity contribution in [3.8, 4) is 0 Å². The first-order valence-corrected chi connectivity index (χ1v) is 6.14. The van der Waals surface area contributed by atoms with Crippen LogP contribution in [0.25, 0.3) is 10.9 Å². The topological polar surface area (TPSA) is 61.5 Å². The van der Waals surface area contributed by atoms with E-state index in [0.29, 0.717) is 19.6 Å². The Morgan fingerprint density at radius 3 is 2.61 bits per heavy atom. The molecular formula is C13H17N3O2. The van der Waals surface area contributed by atoms with E-state index < -0.39 is 12.2 Å². The van der Waals surface area contributed by atoms with E-state index >= 15 is 0 Å². The summed E-state index contributed by atoms with van der Waals surface area (Å²) in [4.78, 5) is 2.03. The molecule has 1 aliphatic heterocycles. The lowest BCUT2D eigenvalue weighted by molar-refractivity contribution is 0.0572. The van der Waals surface area contributed by atoms with Crippen LogP contribution >= 0.6 is 0 Å². The molecule has 0 spiro atoms. The van der Waals surface area contributed by atoms with Gasteiger partial charge in [-0.2, -0.15) is 5.10 Å². The molecular weight excluding hydrogens is 230 g/mol. The van der Waals surface area contributed by atoms with Gasteiger partial charge in [-0.3, -0.25) is 9.58 Å². The Balaban J connectivity index is 1.87. The second-order valence-corrected chi connectivity index (χ2v) is 4.92. The summed E-state index contributed by atoms with van der Waals surface area (Å²) < 4.78 is 1.87. The highest BCUT2D eigenvalue weighted by molar-refractivity contribution is 5.81. The van der Waals surface area contributed by atoms with Gasteiger partial charge in [0.2, 0.25) is 0 Å². The number of hydrogen-bond donors (Lipinski definition) is 2. The second-order valence-electron chi connectivity index (χ2n) is 4.92. The maximum atomic E-state index is 9.55. The van der Waals surface area contributed by atoms with E-state index in [0.717, 1.165) is 16.6 Å². The Hall–Kier alpha value is -1.43. The van der Waals surface area contributed by atoms with Crippen molar-refractivity contribution in [2.24, 2.45) is 7.05 Å². The van der Waals surface area contributed by atoms with Crippen molar-refractivity contribution in [3.05, 3.63) is 30.0 Å². The first-order valence-electron chi connectivity index (χ1n) is 6.14. The number of nitrogens with zero attached hydrogens (tertiary/aromatic N) is 3. The van der Waals surface area contributed by atoms with Crippen LogP contribution < -0.4 is 0 Å². The minimum absolute atomic E-state index is 0.506. The van der Waals surface area contributed by atoms with E-state index in [1.165, 1.54) is 0 Å². The largest absolute Gasteiger partial charge is 0.389 e. The fourth-order valence-electron chi connectivity index (χ4n) is 2.59. The van der Waals surface area contributed by atoms with Gasteiger partial charge in [0.05, 0.1) is 23.4 Å². The molecule has 18 heavy (non-hydrogen) atoms. The average Bonchev–Trinajstić information content (AvgIpc) is 2.83. The summed E-state index contributed by atoms with van der Waals surface area (Å²) in [7, 11) is 1.93. The molecule has 1 aromatic carbocycles. The Morgan fingerprint density at radius 1 is 1.22 bits per heavy atom. The monoisotopic (exact) mass is 247 g/mol. The van der Waals surface area contributed by atoms with Gasteiger partial charge in [0, 0.05) is 32.1 Å². The molecule has 1 aromatic heterocycles. The Labute approximate surface area is 105 Å². The van der Waals surface area contributed by atoms with Crippen LogP contribution in [0.5, 0.6) is 0 Å². The van der Waals surface area contributed by atoms with E-state index in [9.17, 15) is 10.2 Å². The summed E-state index contributed by atoms with van der Waals surface area (Å²) in [6, 6.07) is 8.10. The number of aromatic nitrogens is 2. The van der Waals surface area contributed by atoms with Crippen molar-refractivity contribution in [2.75, 3.05) is 13.1 Å². The minimum atomic E-state index is -0.639. The molecule has 0 bridgehead atoms. The Morgan fingerprint density at radius 2 is 1.89 bits per heavy atom. The summed E-state index contributed by atoms with van der Waals surface area (Å²) in [5.41, 5.74) is 2.10. The minimum Gasteiger partial charge on any atom is -0.389 e. The van der Waals surface area contributed by atoms with Crippen molar-refractivity contribution in [1.29, 1.82) is 0 Å². The van der Waals surface area contributed by atoms with E-state index in [4.69, 9.17) is 0 Å². The SMILES string of the molecule is Cn1nc(CN2C[C@@H](O)[C@@H](O)C2)c2ccccc21. The second kappa shape index (κ2) is 4.35. The summed E-state index contributed by atoms with van der Waals surface area (Å²) >= 11 is 0. The average molecular weight is 247 g/mol. The summed E-state index contributed by atoms with van der Waals surface area (Å²) in [5, 5.41) is 24.7. The molecule has 0 radical (unpaired) electrons. The van der Waals surface area contributed by atoms with Gasteiger partial charge < -0.3 is 10.2 Å². The Kier molecular flexibility index (Phi) is 2.81. The summed E-state index contributed by atoms with van der Waals surface area (Å²) in [6.45, 7) is 1.67. The molecule has 96 valence electrons. The molecule has 5 nitrogen and oxygen atoms in total. The number of likely N-dealkylation sites (tertiary alicyclic amines) is 1. The number of β-amino-alcohol motifs (C(OH)–C–C–N with tert-alkyl or cyclic N) is 2. The molecule has 0 aliphatic carbocycles. The lowest BCUT2D eigenvalue weighted by Crippen LogP contribution is -2.22. The van der Waals surface area contributed by atoms with Gasteiger partial charge in [0.15, 0.2) is 0 Å². The molecule has 2 heterocycles. The zero-order chi connectivity index (χ0) is 12.7. The first-order chi connectivity index (χ1) is 8.65. The number of aryl methyl sites for hydroxylation is 1. The molecule has 1 saturated heterocycles. The number of benzene rings is 1. The van der Waals surface area contributed by atoms with Gasteiger partial charge in [-0.15, -0.1) is 0 Å². The van der Waals surface area contributed by atoms with Crippen molar-refractivity contribution >= 4 is 10.9 Å². The van der Waals surface area contributed by atoms with Crippen molar-refractivity contribution in [1.82, 2.24) is 14.7 Å². The zero-order valence-electron chi connectivity index (χ0n) is 10.3. The van der Waals surface area contributed by atoms with Crippen LogP contribution in [-0.2, 0) is 13.6 Å².